The van der Waals surface area contributed by atoms with Crippen LogP contribution in [0.5, 0.6) is 0 Å². The molecule has 4 heteroatoms. The Hall–Kier alpha value is -0.440. The summed E-state index contributed by atoms with van der Waals surface area (Å²) in [6.07, 6.45) is 0. The summed E-state index contributed by atoms with van der Waals surface area (Å²) >= 11 is 0. The average Bonchev–Trinajstić information content (AvgIpc) is 1.64. The van der Waals surface area contributed by atoms with Gasteiger partial charge in [0.25, 0.3) is 0 Å². The lowest BCUT2D eigenvalue weighted by atomic mass is 10.8. The van der Waals surface area contributed by atoms with E-state index in [1.54, 1.807) is 0 Å². The summed E-state index contributed by atoms with van der Waals surface area (Å²) < 4.78 is 1.86. The van der Waals surface area contributed by atoms with Crippen molar-refractivity contribution in [3.63, 3.8) is 0 Å². The fourth-order valence-corrected chi connectivity index (χ4v) is 0.400. The maximum absolute atomic E-state index is 5.53. The molecule has 3 nitrogen and oxygen atoms in total. The predicted molar refractivity (Wildman–Crippen MR) is 41.7 cm³/mol. The topological polar surface area (TPSA) is 32.3 Å². The van der Waals surface area contributed by atoms with Crippen LogP contribution in [0.1, 0.15) is 7.43 Å². The van der Waals surface area contributed by atoms with Gasteiger partial charge in [0, 0.05) is 0 Å². The standard InChI is InChI=1S/C5H13N3.CH4.ClH/c1-7(2)5(6)8(3)4;;/h6H,1-4H3;1H4;1H. The zero-order chi connectivity index (χ0) is 6.73. The van der Waals surface area contributed by atoms with E-state index in [1.807, 2.05) is 37.7 Å². The number of nitrogens with two attached hydrogens (primary N) is 1. The molecule has 0 saturated heterocycles. The maximum Gasteiger partial charge on any atom is 0.344 e. The van der Waals surface area contributed by atoms with Gasteiger partial charge in [0.2, 0.25) is 0 Å². The van der Waals surface area contributed by atoms with Crippen LogP contribution in [0.25, 0.3) is 0 Å². The summed E-state index contributed by atoms with van der Waals surface area (Å²) in [5, 5.41) is 0. The zero-order valence-corrected chi connectivity index (χ0v) is 7.11. The second-order valence-corrected chi connectivity index (χ2v) is 2.15. The Morgan fingerprint density at radius 2 is 1.60 bits per heavy atom. The van der Waals surface area contributed by atoms with Crippen LogP contribution in [0.3, 0.4) is 0 Å². The summed E-state index contributed by atoms with van der Waals surface area (Å²) in [4.78, 5) is 1.86. The van der Waals surface area contributed by atoms with E-state index in [2.05, 4.69) is 0 Å². The number of nitrogens with zero attached hydrogens (tertiary/aromatic N) is 2. The monoisotopic (exact) mass is 167 g/mol. The maximum atomic E-state index is 5.53. The zero-order valence-electron chi connectivity index (χ0n) is 6.35. The van der Waals surface area contributed by atoms with E-state index in [1.165, 1.54) is 0 Å². The van der Waals surface area contributed by atoms with Crippen molar-refractivity contribution in [3.05, 3.63) is 0 Å². The summed E-state index contributed by atoms with van der Waals surface area (Å²) in [5.41, 5.74) is 5.53. The molecule has 0 saturated carbocycles. The third-order valence-electron chi connectivity index (χ3n) is 0.916. The number of hydrogen-bond acceptors (Lipinski definition) is 0. The highest BCUT2D eigenvalue weighted by atomic mass is 35.5. The van der Waals surface area contributed by atoms with Gasteiger partial charge in [0.15, 0.2) is 0 Å². The fraction of sp³-hybridized carbons (Fsp3) is 0.833. The Morgan fingerprint density at radius 1 is 1.30 bits per heavy atom. The molecule has 0 aliphatic rings. The van der Waals surface area contributed by atoms with Crippen molar-refractivity contribution in [2.45, 2.75) is 7.43 Å². The largest absolute Gasteiger partial charge is 1.00 e. The van der Waals surface area contributed by atoms with Crippen molar-refractivity contribution in [2.75, 3.05) is 28.2 Å². The Labute approximate surface area is 69.9 Å². The first-order valence-electron chi connectivity index (χ1n) is 2.52. The van der Waals surface area contributed by atoms with E-state index in [4.69, 9.17) is 5.73 Å². The fourth-order valence-electron chi connectivity index (χ4n) is 0.400. The van der Waals surface area contributed by atoms with Gasteiger partial charge in [-0.1, -0.05) is 7.43 Å². The van der Waals surface area contributed by atoms with E-state index in [9.17, 15) is 0 Å². The first-order valence-corrected chi connectivity index (χ1v) is 2.52. The quantitative estimate of drug-likeness (QED) is 0.234. The molecular formula is C6H18ClN3. The molecule has 0 radical (unpaired) electrons. The smallest absolute Gasteiger partial charge is 0.344 e. The highest BCUT2D eigenvalue weighted by Gasteiger charge is 2.00. The molecule has 0 aliphatic carbocycles. The van der Waals surface area contributed by atoms with Crippen LogP contribution in [-0.4, -0.2) is 43.6 Å². The lowest BCUT2D eigenvalue weighted by Crippen LogP contribution is -3.00. The van der Waals surface area contributed by atoms with Gasteiger partial charge in [-0.2, -0.15) is 0 Å². The van der Waals surface area contributed by atoms with Gasteiger partial charge in [-0.05, 0) is 0 Å². The molecular weight excluding hydrogens is 150 g/mol. The molecule has 0 aromatic rings. The molecule has 0 bridgehead atoms. The molecule has 0 unspecified atom stereocenters. The Morgan fingerprint density at radius 3 is 1.60 bits per heavy atom. The van der Waals surface area contributed by atoms with Crippen LogP contribution < -0.4 is 18.1 Å². The number of guanidine groups is 1. The van der Waals surface area contributed by atoms with E-state index >= 15 is 0 Å². The second kappa shape index (κ2) is 6.68. The second-order valence-electron chi connectivity index (χ2n) is 2.15. The lowest BCUT2D eigenvalue weighted by Gasteiger charge is -2.04. The Balaban J connectivity index is -0.000000245. The minimum atomic E-state index is 0. The SMILES string of the molecule is C.CN(C)C(N)=[N+](C)C.[Cl-]. The van der Waals surface area contributed by atoms with E-state index in [-0.39, 0.29) is 19.8 Å². The van der Waals surface area contributed by atoms with Gasteiger partial charge in [-0.15, -0.1) is 0 Å². The Bertz CT molecular complexity index is 106. The van der Waals surface area contributed by atoms with Gasteiger partial charge in [-0.25, -0.2) is 0 Å². The third-order valence-corrected chi connectivity index (χ3v) is 0.916. The van der Waals surface area contributed by atoms with Crippen LogP contribution in [0.15, 0.2) is 0 Å². The van der Waals surface area contributed by atoms with Crippen molar-refractivity contribution in [3.8, 4) is 0 Å². The Kier molecular flexibility index (Phi) is 10.9. The summed E-state index contributed by atoms with van der Waals surface area (Å²) in [5.74, 6) is 0.769. The molecule has 64 valence electrons. The van der Waals surface area contributed by atoms with Gasteiger partial charge in [0.05, 0.1) is 28.2 Å². The molecule has 0 atom stereocenters. The third kappa shape index (κ3) is 5.69. The molecule has 0 aromatic carbocycles. The molecule has 0 fully saturated rings. The summed E-state index contributed by atoms with van der Waals surface area (Å²) in [7, 11) is 7.65. The molecule has 0 aromatic heterocycles. The highest BCUT2D eigenvalue weighted by molar-refractivity contribution is 5.72. The van der Waals surface area contributed by atoms with Crippen molar-refractivity contribution in [1.29, 1.82) is 0 Å². The number of hydrogen-bond donors (Lipinski definition) is 1. The van der Waals surface area contributed by atoms with E-state index < -0.39 is 0 Å². The summed E-state index contributed by atoms with van der Waals surface area (Å²) in [6.45, 7) is 0. The highest BCUT2D eigenvalue weighted by Crippen LogP contribution is 1.68. The van der Waals surface area contributed by atoms with Crippen molar-refractivity contribution >= 4 is 5.96 Å². The van der Waals surface area contributed by atoms with Gasteiger partial charge in [-0.3, -0.25) is 15.2 Å². The normalized spacial score (nSPS) is 6.80. The van der Waals surface area contributed by atoms with Crippen LogP contribution in [0.4, 0.5) is 0 Å². The van der Waals surface area contributed by atoms with Crippen LogP contribution in [0.2, 0.25) is 0 Å². The first-order chi connectivity index (χ1) is 3.55. The van der Waals surface area contributed by atoms with Gasteiger partial charge < -0.3 is 12.4 Å². The molecule has 0 aliphatic heterocycles. The minimum Gasteiger partial charge on any atom is -1.00 e. The van der Waals surface area contributed by atoms with Gasteiger partial charge >= 0.3 is 5.96 Å². The average molecular weight is 168 g/mol. The van der Waals surface area contributed by atoms with E-state index in [0.29, 0.717) is 0 Å². The van der Waals surface area contributed by atoms with E-state index in [0.717, 1.165) is 5.96 Å². The van der Waals surface area contributed by atoms with Crippen molar-refractivity contribution < 1.29 is 17.0 Å². The number of rotatable bonds is 0. The molecule has 0 spiro atoms. The lowest BCUT2D eigenvalue weighted by molar-refractivity contribution is -0.470. The summed E-state index contributed by atoms with van der Waals surface area (Å²) in [6, 6.07) is 0. The molecule has 0 heterocycles. The predicted octanol–water partition coefficient (Wildman–Crippen LogP) is -3.23. The molecule has 0 amide bonds. The molecule has 2 N–H and O–H groups in total. The molecule has 10 heavy (non-hydrogen) atoms. The molecule has 0 rings (SSSR count). The minimum absolute atomic E-state index is 0. The van der Waals surface area contributed by atoms with Crippen LogP contribution >= 0.6 is 0 Å². The first kappa shape index (κ1) is 16.3. The number of halogens is 1. The van der Waals surface area contributed by atoms with Crippen molar-refractivity contribution in [2.24, 2.45) is 5.73 Å². The van der Waals surface area contributed by atoms with Gasteiger partial charge in [0.1, 0.15) is 0 Å². The van der Waals surface area contributed by atoms with Crippen LogP contribution in [-0.2, 0) is 0 Å². The van der Waals surface area contributed by atoms with Crippen LogP contribution in [0, 0.1) is 0 Å². The van der Waals surface area contributed by atoms with Crippen molar-refractivity contribution in [1.82, 2.24) is 4.90 Å².